The van der Waals surface area contributed by atoms with E-state index in [1.54, 1.807) is 0 Å². The second-order valence-corrected chi connectivity index (χ2v) is 6.17. The van der Waals surface area contributed by atoms with Gasteiger partial charge in [0.2, 0.25) is 5.91 Å². The first-order valence-corrected chi connectivity index (χ1v) is 8.14. The molecule has 0 atom stereocenters. The fraction of sp³-hybridized carbons (Fsp3) is 0.769. The molecule has 7 heteroatoms. The lowest BCUT2D eigenvalue weighted by molar-refractivity contribution is -0.124. The number of nitrogens with one attached hydrogen (secondary N) is 2. The van der Waals surface area contributed by atoms with Crippen molar-refractivity contribution in [2.75, 3.05) is 25.4 Å². The lowest BCUT2D eigenvalue weighted by Gasteiger charge is -2.22. The molecule has 1 saturated heterocycles. The Hall–Kier alpha value is -1.24. The normalized spacial score (nSPS) is 20.3. The van der Waals surface area contributed by atoms with E-state index in [1.165, 1.54) is 37.0 Å². The van der Waals surface area contributed by atoms with Gasteiger partial charge in [-0.3, -0.25) is 14.5 Å². The summed E-state index contributed by atoms with van der Waals surface area (Å²) in [5.74, 6) is 0.629. The quantitative estimate of drug-likeness (QED) is 0.807. The number of thioether (sulfide) groups is 1. The predicted octanol–water partition coefficient (Wildman–Crippen LogP) is 1.56. The van der Waals surface area contributed by atoms with Crippen LogP contribution in [0.4, 0.5) is 9.59 Å². The summed E-state index contributed by atoms with van der Waals surface area (Å²) in [6.07, 6.45) is 6.19. The molecule has 0 aromatic heterocycles. The highest BCUT2D eigenvalue weighted by molar-refractivity contribution is 8.14. The van der Waals surface area contributed by atoms with E-state index in [9.17, 15) is 14.4 Å². The average molecular weight is 299 g/mol. The van der Waals surface area contributed by atoms with Gasteiger partial charge in [-0.05, 0) is 18.8 Å². The fourth-order valence-corrected chi connectivity index (χ4v) is 3.32. The monoisotopic (exact) mass is 299 g/mol. The molecule has 20 heavy (non-hydrogen) atoms. The zero-order valence-corrected chi connectivity index (χ0v) is 12.3. The molecule has 2 N–H and O–H groups in total. The lowest BCUT2D eigenvalue weighted by atomic mass is 9.89. The molecular weight excluding hydrogens is 278 g/mol. The van der Waals surface area contributed by atoms with Gasteiger partial charge in [-0.15, -0.1) is 0 Å². The molecule has 0 bridgehead atoms. The number of hydrogen-bond acceptors (Lipinski definition) is 4. The minimum Gasteiger partial charge on any atom is -0.338 e. The molecular formula is C13H21N3O3S. The third-order valence-corrected chi connectivity index (χ3v) is 4.60. The number of rotatable bonds is 5. The van der Waals surface area contributed by atoms with Crippen molar-refractivity contribution < 1.29 is 14.4 Å². The van der Waals surface area contributed by atoms with Gasteiger partial charge in [0, 0.05) is 19.6 Å². The Bertz CT molecular complexity index is 367. The van der Waals surface area contributed by atoms with E-state index in [2.05, 4.69) is 10.6 Å². The van der Waals surface area contributed by atoms with Gasteiger partial charge in [-0.25, -0.2) is 4.79 Å². The van der Waals surface area contributed by atoms with Crippen LogP contribution in [0.5, 0.6) is 0 Å². The number of nitrogens with zero attached hydrogens (tertiary/aromatic N) is 1. The van der Waals surface area contributed by atoms with Crippen LogP contribution in [0.2, 0.25) is 0 Å². The molecule has 1 aliphatic heterocycles. The zero-order chi connectivity index (χ0) is 14.4. The van der Waals surface area contributed by atoms with E-state index in [0.29, 0.717) is 19.0 Å². The van der Waals surface area contributed by atoms with Crippen molar-refractivity contribution in [3.63, 3.8) is 0 Å². The minimum atomic E-state index is -0.223. The Kier molecular flexibility index (Phi) is 5.70. The summed E-state index contributed by atoms with van der Waals surface area (Å²) in [6.45, 7) is 1.26. The second kappa shape index (κ2) is 7.52. The Labute approximate surface area is 123 Å². The van der Waals surface area contributed by atoms with Gasteiger partial charge >= 0.3 is 6.03 Å². The third-order valence-electron chi connectivity index (χ3n) is 3.74. The molecule has 0 radical (unpaired) electrons. The summed E-state index contributed by atoms with van der Waals surface area (Å²) < 4.78 is 0. The highest BCUT2D eigenvalue weighted by Crippen LogP contribution is 2.22. The molecule has 4 amide bonds. The Morgan fingerprint density at radius 1 is 1.20 bits per heavy atom. The van der Waals surface area contributed by atoms with Crippen molar-refractivity contribution in [2.45, 2.75) is 32.1 Å². The van der Waals surface area contributed by atoms with Gasteiger partial charge < -0.3 is 10.6 Å². The SMILES string of the molecule is O=C(NCCN1C(=O)CSC1=O)NCC1CCCCC1. The number of hydrogen-bond donors (Lipinski definition) is 2. The minimum absolute atomic E-state index is 0.176. The van der Waals surface area contributed by atoms with Gasteiger partial charge in [0.05, 0.1) is 5.75 Å². The summed E-state index contributed by atoms with van der Waals surface area (Å²) >= 11 is 1.01. The Balaban J connectivity index is 1.58. The van der Waals surface area contributed by atoms with Crippen LogP contribution in [0.3, 0.4) is 0 Å². The molecule has 2 rings (SSSR count). The van der Waals surface area contributed by atoms with E-state index < -0.39 is 0 Å². The Morgan fingerprint density at radius 2 is 1.95 bits per heavy atom. The molecule has 2 aliphatic rings. The van der Waals surface area contributed by atoms with E-state index in [1.807, 2.05) is 0 Å². The van der Waals surface area contributed by atoms with Crippen LogP contribution in [0.15, 0.2) is 0 Å². The molecule has 0 aromatic carbocycles. The van der Waals surface area contributed by atoms with Gasteiger partial charge in [0.25, 0.3) is 5.24 Å². The van der Waals surface area contributed by atoms with E-state index in [0.717, 1.165) is 11.8 Å². The van der Waals surface area contributed by atoms with E-state index >= 15 is 0 Å². The zero-order valence-electron chi connectivity index (χ0n) is 11.5. The maximum absolute atomic E-state index is 11.6. The maximum Gasteiger partial charge on any atom is 0.314 e. The van der Waals surface area contributed by atoms with Crippen LogP contribution in [-0.4, -0.2) is 47.5 Å². The standard InChI is InChI=1S/C13H21N3O3S/c17-11-9-20-13(19)16(11)7-6-14-12(18)15-8-10-4-2-1-3-5-10/h10H,1-9H2,(H2,14,15,18). The largest absolute Gasteiger partial charge is 0.338 e. The Morgan fingerprint density at radius 3 is 2.60 bits per heavy atom. The van der Waals surface area contributed by atoms with Crippen LogP contribution in [0, 0.1) is 5.92 Å². The van der Waals surface area contributed by atoms with Crippen molar-refractivity contribution in [3.05, 3.63) is 0 Å². The fourth-order valence-electron chi connectivity index (χ4n) is 2.57. The summed E-state index contributed by atoms with van der Waals surface area (Å²) in [7, 11) is 0. The molecule has 6 nitrogen and oxygen atoms in total. The third kappa shape index (κ3) is 4.40. The van der Waals surface area contributed by atoms with Crippen LogP contribution >= 0.6 is 11.8 Å². The molecule has 0 unspecified atom stereocenters. The van der Waals surface area contributed by atoms with Crippen LogP contribution in [0.1, 0.15) is 32.1 Å². The van der Waals surface area contributed by atoms with Gasteiger partial charge in [0.15, 0.2) is 0 Å². The van der Waals surface area contributed by atoms with Crippen molar-refractivity contribution in [1.82, 2.24) is 15.5 Å². The van der Waals surface area contributed by atoms with Crippen molar-refractivity contribution in [3.8, 4) is 0 Å². The maximum atomic E-state index is 11.6. The summed E-state index contributed by atoms with van der Waals surface area (Å²) in [5, 5.41) is 5.32. The molecule has 1 saturated carbocycles. The smallest absolute Gasteiger partial charge is 0.314 e. The van der Waals surface area contributed by atoms with Gasteiger partial charge in [-0.1, -0.05) is 31.0 Å². The molecule has 112 valence electrons. The van der Waals surface area contributed by atoms with Crippen LogP contribution in [-0.2, 0) is 4.79 Å². The lowest BCUT2D eigenvalue weighted by Crippen LogP contribution is -2.43. The van der Waals surface area contributed by atoms with Crippen molar-refractivity contribution >= 4 is 28.9 Å². The van der Waals surface area contributed by atoms with Crippen molar-refractivity contribution in [2.24, 2.45) is 5.92 Å². The number of imide groups is 1. The topological polar surface area (TPSA) is 78.5 Å². The number of carbonyl (C=O) groups is 3. The summed E-state index contributed by atoms with van der Waals surface area (Å²) in [4.78, 5) is 35.5. The molecule has 2 fully saturated rings. The number of amides is 4. The number of carbonyl (C=O) groups excluding carboxylic acids is 3. The summed E-state index contributed by atoms with van der Waals surface area (Å²) in [6, 6.07) is -0.220. The highest BCUT2D eigenvalue weighted by atomic mass is 32.2. The first kappa shape index (κ1) is 15.2. The second-order valence-electron chi connectivity index (χ2n) is 5.24. The van der Waals surface area contributed by atoms with Gasteiger partial charge in [0.1, 0.15) is 0 Å². The van der Waals surface area contributed by atoms with Crippen LogP contribution in [0.25, 0.3) is 0 Å². The summed E-state index contributed by atoms with van der Waals surface area (Å²) in [5.41, 5.74) is 0. The van der Waals surface area contributed by atoms with E-state index in [4.69, 9.17) is 0 Å². The first-order chi connectivity index (χ1) is 9.66. The molecule has 1 heterocycles. The number of urea groups is 1. The van der Waals surface area contributed by atoms with E-state index in [-0.39, 0.29) is 29.5 Å². The van der Waals surface area contributed by atoms with Crippen molar-refractivity contribution in [1.29, 1.82) is 0 Å². The molecule has 0 spiro atoms. The van der Waals surface area contributed by atoms with Crippen LogP contribution < -0.4 is 10.6 Å². The first-order valence-electron chi connectivity index (χ1n) is 7.15. The molecule has 1 aliphatic carbocycles. The molecule has 0 aromatic rings. The highest BCUT2D eigenvalue weighted by Gasteiger charge is 2.29. The predicted molar refractivity (Wildman–Crippen MR) is 77.5 cm³/mol. The average Bonchev–Trinajstić information content (AvgIpc) is 2.78. The van der Waals surface area contributed by atoms with Gasteiger partial charge in [-0.2, -0.15) is 0 Å².